The second-order valence-corrected chi connectivity index (χ2v) is 8.88. The minimum Gasteiger partial charge on any atom is -0.494 e. The lowest BCUT2D eigenvalue weighted by Gasteiger charge is -2.17. The monoisotopic (exact) mass is 463 g/mol. The zero-order valence-corrected chi connectivity index (χ0v) is 20.1. The van der Waals surface area contributed by atoms with E-state index in [9.17, 15) is 4.79 Å². The summed E-state index contributed by atoms with van der Waals surface area (Å²) in [6.07, 6.45) is 0.818. The molecule has 0 bridgehead atoms. The van der Waals surface area contributed by atoms with E-state index in [0.29, 0.717) is 12.2 Å². The lowest BCUT2D eigenvalue weighted by atomic mass is 10.1. The fourth-order valence-corrected chi connectivity index (χ4v) is 4.38. The molecular weight excluding hydrogens is 434 g/mol. The SMILES string of the molecule is Cc1ccc(C(=O)NC(C)c2nc3ccccc3n2CCCOc2ccc3ccccc3c2)cc1. The number of carbonyl (C=O) groups excluding carboxylic acids is 1. The van der Waals surface area contributed by atoms with E-state index < -0.39 is 0 Å². The number of imidazole rings is 1. The molecule has 0 aliphatic rings. The van der Waals surface area contributed by atoms with E-state index in [0.717, 1.165) is 41.1 Å². The van der Waals surface area contributed by atoms with E-state index >= 15 is 0 Å². The van der Waals surface area contributed by atoms with Crippen molar-refractivity contribution in [3.8, 4) is 5.75 Å². The van der Waals surface area contributed by atoms with Crippen LogP contribution in [0, 0.1) is 6.92 Å². The van der Waals surface area contributed by atoms with Gasteiger partial charge in [-0.2, -0.15) is 0 Å². The molecule has 1 heterocycles. The molecule has 1 aromatic heterocycles. The van der Waals surface area contributed by atoms with Crippen molar-refractivity contribution in [2.24, 2.45) is 0 Å². The van der Waals surface area contributed by atoms with Gasteiger partial charge in [0.05, 0.1) is 23.7 Å². The summed E-state index contributed by atoms with van der Waals surface area (Å²) in [5.74, 6) is 1.62. The number of ether oxygens (including phenoxy) is 1. The van der Waals surface area contributed by atoms with Crippen LogP contribution in [0.1, 0.15) is 41.1 Å². The Bertz CT molecular complexity index is 1470. The van der Waals surface area contributed by atoms with Crippen molar-refractivity contribution in [2.45, 2.75) is 32.9 Å². The molecule has 0 saturated carbocycles. The number of amides is 1. The average Bonchev–Trinajstić information content (AvgIpc) is 3.25. The molecule has 0 fully saturated rings. The molecule has 0 radical (unpaired) electrons. The van der Waals surface area contributed by atoms with Crippen molar-refractivity contribution in [1.82, 2.24) is 14.9 Å². The molecule has 5 heteroatoms. The average molecular weight is 464 g/mol. The molecule has 0 aliphatic carbocycles. The smallest absolute Gasteiger partial charge is 0.251 e. The van der Waals surface area contributed by atoms with Gasteiger partial charge in [-0.1, -0.05) is 60.2 Å². The Morgan fingerprint density at radius 3 is 2.51 bits per heavy atom. The molecule has 0 spiro atoms. The van der Waals surface area contributed by atoms with E-state index in [1.165, 1.54) is 10.8 Å². The van der Waals surface area contributed by atoms with Gasteiger partial charge in [0.1, 0.15) is 11.6 Å². The van der Waals surface area contributed by atoms with Gasteiger partial charge in [0.15, 0.2) is 0 Å². The van der Waals surface area contributed by atoms with Crippen molar-refractivity contribution in [2.75, 3.05) is 6.61 Å². The van der Waals surface area contributed by atoms with Gasteiger partial charge < -0.3 is 14.6 Å². The number of rotatable bonds is 8. The van der Waals surface area contributed by atoms with Crippen molar-refractivity contribution in [1.29, 1.82) is 0 Å². The molecule has 1 unspecified atom stereocenters. The Hall–Kier alpha value is -4.12. The number of hydrogen-bond donors (Lipinski definition) is 1. The standard InChI is InChI=1S/C30H29N3O2/c1-21-12-14-24(15-13-21)30(34)31-22(2)29-32-27-10-5-6-11-28(27)33(29)18-7-19-35-26-17-16-23-8-3-4-9-25(23)20-26/h3-6,8-17,20,22H,7,18-19H2,1-2H3,(H,31,34). The van der Waals surface area contributed by atoms with Crippen molar-refractivity contribution in [3.63, 3.8) is 0 Å². The van der Waals surface area contributed by atoms with Gasteiger partial charge in [0.2, 0.25) is 0 Å². The summed E-state index contributed by atoms with van der Waals surface area (Å²) in [7, 11) is 0. The van der Waals surface area contributed by atoms with Crippen LogP contribution >= 0.6 is 0 Å². The molecular formula is C30H29N3O2. The molecule has 35 heavy (non-hydrogen) atoms. The van der Waals surface area contributed by atoms with Crippen LogP contribution in [0.5, 0.6) is 5.75 Å². The van der Waals surface area contributed by atoms with Gasteiger partial charge >= 0.3 is 0 Å². The molecule has 1 atom stereocenters. The highest BCUT2D eigenvalue weighted by atomic mass is 16.5. The lowest BCUT2D eigenvalue weighted by Crippen LogP contribution is -2.28. The summed E-state index contributed by atoms with van der Waals surface area (Å²) in [5.41, 5.74) is 3.76. The second-order valence-electron chi connectivity index (χ2n) is 8.88. The van der Waals surface area contributed by atoms with E-state index in [4.69, 9.17) is 9.72 Å². The van der Waals surface area contributed by atoms with Gasteiger partial charge in [-0.25, -0.2) is 4.98 Å². The van der Waals surface area contributed by atoms with Gasteiger partial charge in [0, 0.05) is 12.1 Å². The summed E-state index contributed by atoms with van der Waals surface area (Å²) >= 11 is 0. The third kappa shape index (κ3) is 5.04. The van der Waals surface area contributed by atoms with Crippen molar-refractivity contribution in [3.05, 3.63) is 108 Å². The fraction of sp³-hybridized carbons (Fsp3) is 0.200. The summed E-state index contributed by atoms with van der Waals surface area (Å²) in [5, 5.41) is 5.49. The van der Waals surface area contributed by atoms with Crippen LogP contribution in [-0.4, -0.2) is 22.1 Å². The zero-order valence-electron chi connectivity index (χ0n) is 20.1. The summed E-state index contributed by atoms with van der Waals surface area (Å²) in [6.45, 7) is 5.33. The first kappa shape index (κ1) is 22.7. The quantitative estimate of drug-likeness (QED) is 0.269. The molecule has 5 aromatic rings. The van der Waals surface area contributed by atoms with Crippen LogP contribution in [0.15, 0.2) is 91.0 Å². The minimum atomic E-state index is -0.238. The summed E-state index contributed by atoms with van der Waals surface area (Å²) in [6, 6.07) is 29.9. The van der Waals surface area contributed by atoms with Crippen LogP contribution in [-0.2, 0) is 6.54 Å². The van der Waals surface area contributed by atoms with E-state index in [-0.39, 0.29) is 11.9 Å². The van der Waals surface area contributed by atoms with Gasteiger partial charge in [0.25, 0.3) is 5.91 Å². The van der Waals surface area contributed by atoms with Crippen LogP contribution in [0.4, 0.5) is 0 Å². The number of nitrogens with zero attached hydrogens (tertiary/aromatic N) is 2. The highest BCUT2D eigenvalue weighted by Gasteiger charge is 2.19. The Kier molecular flexibility index (Phi) is 6.49. The molecule has 0 saturated heterocycles. The maximum Gasteiger partial charge on any atom is 0.251 e. The van der Waals surface area contributed by atoms with E-state index in [1.54, 1.807) is 0 Å². The first-order valence-corrected chi connectivity index (χ1v) is 12.0. The predicted molar refractivity (Wildman–Crippen MR) is 141 cm³/mol. The molecule has 1 N–H and O–H groups in total. The van der Waals surface area contributed by atoms with Crippen LogP contribution < -0.4 is 10.1 Å². The maximum atomic E-state index is 12.8. The molecule has 0 aliphatic heterocycles. The Morgan fingerprint density at radius 2 is 1.69 bits per heavy atom. The molecule has 1 amide bonds. The Balaban J connectivity index is 1.28. The number of aromatic nitrogens is 2. The number of para-hydroxylation sites is 2. The molecule has 4 aromatic carbocycles. The fourth-order valence-electron chi connectivity index (χ4n) is 4.38. The predicted octanol–water partition coefficient (Wildman–Crippen LogP) is 6.46. The van der Waals surface area contributed by atoms with Crippen molar-refractivity contribution < 1.29 is 9.53 Å². The molecule has 5 rings (SSSR count). The third-order valence-corrected chi connectivity index (χ3v) is 6.25. The maximum absolute atomic E-state index is 12.8. The Labute approximate surface area is 205 Å². The van der Waals surface area contributed by atoms with Gasteiger partial charge in [-0.15, -0.1) is 0 Å². The zero-order chi connectivity index (χ0) is 24.2. The lowest BCUT2D eigenvalue weighted by molar-refractivity contribution is 0.0937. The largest absolute Gasteiger partial charge is 0.494 e. The van der Waals surface area contributed by atoms with E-state index in [2.05, 4.69) is 40.2 Å². The highest BCUT2D eigenvalue weighted by molar-refractivity contribution is 5.94. The minimum absolute atomic E-state index is 0.101. The normalized spacial score (nSPS) is 12.1. The first-order valence-electron chi connectivity index (χ1n) is 12.0. The Morgan fingerprint density at radius 1 is 0.943 bits per heavy atom. The summed E-state index contributed by atoms with van der Waals surface area (Å²) in [4.78, 5) is 17.7. The number of hydrogen-bond acceptors (Lipinski definition) is 3. The van der Waals surface area contributed by atoms with Crippen LogP contribution in [0.3, 0.4) is 0 Å². The highest BCUT2D eigenvalue weighted by Crippen LogP contribution is 2.23. The van der Waals surface area contributed by atoms with E-state index in [1.807, 2.05) is 74.5 Å². The number of benzene rings is 4. The van der Waals surface area contributed by atoms with Gasteiger partial charge in [-0.3, -0.25) is 4.79 Å². The third-order valence-electron chi connectivity index (χ3n) is 6.25. The second kappa shape index (κ2) is 10.0. The van der Waals surface area contributed by atoms with Crippen LogP contribution in [0.2, 0.25) is 0 Å². The summed E-state index contributed by atoms with van der Waals surface area (Å²) < 4.78 is 8.25. The first-order chi connectivity index (χ1) is 17.1. The number of fused-ring (bicyclic) bond motifs is 2. The number of carbonyl (C=O) groups is 1. The molecule has 5 nitrogen and oxygen atoms in total. The van der Waals surface area contributed by atoms with Gasteiger partial charge in [-0.05, 0) is 67.4 Å². The van der Waals surface area contributed by atoms with Crippen molar-refractivity contribution >= 4 is 27.7 Å². The van der Waals surface area contributed by atoms with Crippen LogP contribution in [0.25, 0.3) is 21.8 Å². The number of nitrogens with one attached hydrogen (secondary N) is 1. The topological polar surface area (TPSA) is 56.2 Å². The molecule has 176 valence electrons. The number of aryl methyl sites for hydroxylation is 2.